The maximum Gasteiger partial charge on any atom is 0.242 e. The molecular formula is C10H16N2O3S2. The quantitative estimate of drug-likeness (QED) is 0.754. The number of nitrogen functional groups attached to an aromatic ring is 1. The molecule has 0 aromatic heterocycles. The molecule has 0 amide bonds. The predicted molar refractivity (Wildman–Crippen MR) is 69.7 cm³/mol. The summed E-state index contributed by atoms with van der Waals surface area (Å²) >= 11 is 0. The smallest absolute Gasteiger partial charge is 0.242 e. The minimum absolute atomic E-state index is 0.0990. The van der Waals surface area contributed by atoms with Gasteiger partial charge in [-0.1, -0.05) is 12.1 Å². The molecule has 0 bridgehead atoms. The van der Waals surface area contributed by atoms with Crippen LogP contribution >= 0.6 is 0 Å². The van der Waals surface area contributed by atoms with Crippen molar-refractivity contribution in [1.29, 1.82) is 0 Å². The lowest BCUT2D eigenvalue weighted by atomic mass is 10.2. The fourth-order valence-electron chi connectivity index (χ4n) is 1.43. The van der Waals surface area contributed by atoms with E-state index in [-0.39, 0.29) is 22.9 Å². The fraction of sp³-hybridized carbons (Fsp3) is 0.400. The average molecular weight is 276 g/mol. The molecule has 0 aliphatic rings. The maximum atomic E-state index is 12.0. The van der Waals surface area contributed by atoms with Crippen LogP contribution in [0.2, 0.25) is 0 Å². The topological polar surface area (TPSA) is 89.3 Å². The van der Waals surface area contributed by atoms with E-state index >= 15 is 0 Å². The van der Waals surface area contributed by atoms with E-state index in [0.29, 0.717) is 5.56 Å². The Bertz CT molecular complexity index is 506. The largest absolute Gasteiger partial charge is 0.398 e. The zero-order valence-electron chi connectivity index (χ0n) is 9.76. The molecular weight excluding hydrogens is 260 g/mol. The molecule has 1 aromatic rings. The van der Waals surface area contributed by atoms with E-state index in [1.165, 1.54) is 6.26 Å². The molecule has 7 heteroatoms. The first-order chi connectivity index (χ1) is 7.84. The Morgan fingerprint density at radius 2 is 2.06 bits per heavy atom. The Morgan fingerprint density at radius 1 is 1.41 bits per heavy atom. The van der Waals surface area contributed by atoms with Crippen molar-refractivity contribution >= 4 is 26.5 Å². The summed E-state index contributed by atoms with van der Waals surface area (Å²) in [5.74, 6) is 0.283. The van der Waals surface area contributed by atoms with E-state index in [9.17, 15) is 12.6 Å². The van der Waals surface area contributed by atoms with E-state index in [4.69, 9.17) is 5.73 Å². The van der Waals surface area contributed by atoms with Crippen LogP contribution in [-0.4, -0.2) is 31.2 Å². The summed E-state index contributed by atoms with van der Waals surface area (Å²) in [7, 11) is -4.65. The standard InChI is InChI=1S/C10H16N2O3S2/c1-8-4-3-5-9(11)10(8)17(14,15)12-6-7-16(2)13/h3-5,12H,6-7,11H2,1-2H3. The van der Waals surface area contributed by atoms with Crippen LogP contribution < -0.4 is 10.5 Å². The van der Waals surface area contributed by atoms with Crippen LogP contribution in [0.3, 0.4) is 0 Å². The van der Waals surface area contributed by atoms with Crippen molar-refractivity contribution in [1.82, 2.24) is 4.72 Å². The first kappa shape index (κ1) is 14.1. The monoisotopic (exact) mass is 276 g/mol. The number of aryl methyl sites for hydroxylation is 1. The third-order valence-electron chi connectivity index (χ3n) is 2.19. The molecule has 0 radical (unpaired) electrons. The lowest BCUT2D eigenvalue weighted by Gasteiger charge is -2.11. The molecule has 0 heterocycles. The highest BCUT2D eigenvalue weighted by atomic mass is 32.2. The maximum absolute atomic E-state index is 12.0. The van der Waals surface area contributed by atoms with E-state index in [1.807, 2.05) is 0 Å². The van der Waals surface area contributed by atoms with E-state index in [1.54, 1.807) is 25.1 Å². The van der Waals surface area contributed by atoms with E-state index in [2.05, 4.69) is 4.72 Å². The Morgan fingerprint density at radius 3 is 2.59 bits per heavy atom. The molecule has 0 saturated heterocycles. The number of anilines is 1. The van der Waals surface area contributed by atoms with Gasteiger partial charge >= 0.3 is 0 Å². The van der Waals surface area contributed by atoms with Gasteiger partial charge in [0.25, 0.3) is 0 Å². The molecule has 0 aliphatic heterocycles. The first-order valence-electron chi connectivity index (χ1n) is 4.99. The Kier molecular flexibility index (Phi) is 4.67. The van der Waals surface area contributed by atoms with Crippen molar-refractivity contribution in [2.45, 2.75) is 11.8 Å². The molecule has 1 rings (SSSR count). The van der Waals surface area contributed by atoms with Crippen molar-refractivity contribution in [2.24, 2.45) is 0 Å². The van der Waals surface area contributed by atoms with Crippen LogP contribution in [0.4, 0.5) is 5.69 Å². The fourth-order valence-corrected chi connectivity index (χ4v) is 3.34. The Hall–Kier alpha value is -0.920. The van der Waals surface area contributed by atoms with Gasteiger partial charge in [-0.15, -0.1) is 0 Å². The van der Waals surface area contributed by atoms with Crippen LogP contribution in [0.25, 0.3) is 0 Å². The highest BCUT2D eigenvalue weighted by molar-refractivity contribution is 7.89. The molecule has 96 valence electrons. The van der Waals surface area contributed by atoms with Gasteiger partial charge in [-0.3, -0.25) is 4.21 Å². The van der Waals surface area contributed by atoms with Gasteiger partial charge in [0.2, 0.25) is 10.0 Å². The molecule has 0 aliphatic carbocycles. The zero-order valence-corrected chi connectivity index (χ0v) is 11.4. The molecule has 17 heavy (non-hydrogen) atoms. The number of nitrogens with two attached hydrogens (primary N) is 1. The molecule has 0 saturated carbocycles. The number of benzene rings is 1. The predicted octanol–water partition coefficient (Wildman–Crippen LogP) is 0.234. The number of nitrogens with one attached hydrogen (secondary N) is 1. The summed E-state index contributed by atoms with van der Waals surface area (Å²) in [6, 6.07) is 4.92. The van der Waals surface area contributed by atoms with Gasteiger partial charge in [-0.2, -0.15) is 0 Å². The third-order valence-corrected chi connectivity index (χ3v) is 4.65. The molecule has 5 nitrogen and oxygen atoms in total. The number of hydrogen-bond acceptors (Lipinski definition) is 4. The summed E-state index contributed by atoms with van der Waals surface area (Å²) in [5.41, 5.74) is 6.47. The lowest BCUT2D eigenvalue weighted by molar-refractivity contribution is 0.584. The number of rotatable bonds is 5. The number of sulfonamides is 1. The minimum atomic E-state index is -3.63. The normalized spacial score (nSPS) is 13.5. The van der Waals surface area contributed by atoms with Crippen LogP contribution in [-0.2, 0) is 20.8 Å². The lowest BCUT2D eigenvalue weighted by Crippen LogP contribution is -2.29. The van der Waals surface area contributed by atoms with Gasteiger partial charge in [0.15, 0.2) is 0 Å². The highest BCUT2D eigenvalue weighted by Crippen LogP contribution is 2.21. The van der Waals surface area contributed by atoms with Crippen LogP contribution in [0.1, 0.15) is 5.56 Å². The highest BCUT2D eigenvalue weighted by Gasteiger charge is 2.19. The minimum Gasteiger partial charge on any atom is -0.398 e. The van der Waals surface area contributed by atoms with Gasteiger partial charge in [0.1, 0.15) is 4.90 Å². The van der Waals surface area contributed by atoms with E-state index in [0.717, 1.165) is 0 Å². The van der Waals surface area contributed by atoms with Gasteiger partial charge in [-0.05, 0) is 18.6 Å². The molecule has 1 aromatic carbocycles. The summed E-state index contributed by atoms with van der Waals surface area (Å²) < 4.78 is 37.2. The van der Waals surface area contributed by atoms with Crippen LogP contribution in [0.15, 0.2) is 23.1 Å². The van der Waals surface area contributed by atoms with Crippen LogP contribution in [0, 0.1) is 6.92 Å². The van der Waals surface area contributed by atoms with E-state index < -0.39 is 20.8 Å². The molecule has 3 N–H and O–H groups in total. The molecule has 1 atom stereocenters. The van der Waals surface area contributed by atoms with Crippen molar-refractivity contribution in [2.75, 3.05) is 24.3 Å². The number of hydrogen-bond donors (Lipinski definition) is 2. The molecule has 0 fully saturated rings. The second-order valence-electron chi connectivity index (χ2n) is 3.67. The van der Waals surface area contributed by atoms with Crippen molar-refractivity contribution < 1.29 is 12.6 Å². The van der Waals surface area contributed by atoms with Crippen molar-refractivity contribution in [3.8, 4) is 0 Å². The van der Waals surface area contributed by atoms with Gasteiger partial charge in [0.05, 0.1) is 5.69 Å². The van der Waals surface area contributed by atoms with Crippen molar-refractivity contribution in [3.05, 3.63) is 23.8 Å². The first-order valence-corrected chi connectivity index (χ1v) is 8.20. The summed E-state index contributed by atoms with van der Waals surface area (Å²) in [6.45, 7) is 1.82. The van der Waals surface area contributed by atoms with Crippen LogP contribution in [0.5, 0.6) is 0 Å². The summed E-state index contributed by atoms with van der Waals surface area (Å²) in [4.78, 5) is 0.0990. The van der Waals surface area contributed by atoms with Gasteiger partial charge in [0, 0.05) is 29.4 Å². The Balaban J connectivity index is 2.94. The average Bonchev–Trinajstić information content (AvgIpc) is 2.15. The third kappa shape index (κ3) is 3.79. The summed E-state index contributed by atoms with van der Waals surface area (Å²) in [5, 5.41) is 0. The summed E-state index contributed by atoms with van der Waals surface area (Å²) in [6.07, 6.45) is 1.52. The van der Waals surface area contributed by atoms with Gasteiger partial charge < -0.3 is 5.73 Å². The molecule has 1 unspecified atom stereocenters. The second-order valence-corrected chi connectivity index (χ2v) is 6.93. The SMILES string of the molecule is Cc1cccc(N)c1S(=O)(=O)NCCS(C)=O. The zero-order chi connectivity index (χ0) is 13.1. The van der Waals surface area contributed by atoms with Crippen molar-refractivity contribution in [3.63, 3.8) is 0 Å². The Labute approximate surface area is 104 Å². The van der Waals surface area contributed by atoms with Gasteiger partial charge in [-0.25, -0.2) is 13.1 Å². The second kappa shape index (κ2) is 5.61. The molecule has 0 spiro atoms.